The molecule has 0 fully saturated rings. The lowest BCUT2D eigenvalue weighted by Crippen LogP contribution is -2.14. The van der Waals surface area contributed by atoms with E-state index in [0.717, 1.165) is 38.6 Å². The molecular weight excluding hydrogens is 398 g/mol. The van der Waals surface area contributed by atoms with Gasteiger partial charge in [0.2, 0.25) is 5.91 Å². The number of benzene rings is 3. The van der Waals surface area contributed by atoms with Crippen molar-refractivity contribution >= 4 is 44.9 Å². The van der Waals surface area contributed by atoms with Crippen molar-refractivity contribution in [3.05, 3.63) is 78.4 Å². The van der Waals surface area contributed by atoms with Gasteiger partial charge in [0.1, 0.15) is 16.6 Å². The molecule has 0 aliphatic heterocycles. The normalized spacial score (nSPS) is 10.9. The lowest BCUT2D eigenvalue weighted by molar-refractivity contribution is -0.113. The summed E-state index contributed by atoms with van der Waals surface area (Å²) in [7, 11) is 0. The van der Waals surface area contributed by atoms with Crippen molar-refractivity contribution in [2.24, 2.45) is 0 Å². The molecule has 1 aromatic heterocycles. The molecule has 0 saturated carbocycles. The third-order valence-electron chi connectivity index (χ3n) is 3.98. The van der Waals surface area contributed by atoms with Gasteiger partial charge in [-0.05, 0) is 36.4 Å². The van der Waals surface area contributed by atoms with Crippen LogP contribution in [0.3, 0.4) is 0 Å². The van der Waals surface area contributed by atoms with Crippen LogP contribution in [-0.4, -0.2) is 16.6 Å². The molecule has 0 aliphatic carbocycles. The summed E-state index contributed by atoms with van der Waals surface area (Å²) in [5, 5.41) is 3.68. The number of nitrogens with one attached hydrogen (secondary N) is 1. The van der Waals surface area contributed by atoms with Gasteiger partial charge in [-0.15, -0.1) is 23.1 Å². The maximum Gasteiger partial charge on any atom is 0.234 e. The molecule has 140 valence electrons. The standard InChI is InChI=1S/C21H14F2N2OS2/c22-13-9-10-18(15(23)11-13)27-12-20(26)24-16-6-2-1-5-14(16)21-25-17-7-3-4-8-19(17)28-21/h1-11H,12H2,(H,24,26). The van der Waals surface area contributed by atoms with Crippen LogP contribution in [0, 0.1) is 11.6 Å². The van der Waals surface area contributed by atoms with Crippen LogP contribution in [0.5, 0.6) is 0 Å². The Morgan fingerprint density at radius 2 is 1.82 bits per heavy atom. The zero-order valence-corrected chi connectivity index (χ0v) is 16.1. The Bertz CT molecular complexity index is 1130. The number of carbonyl (C=O) groups excluding carboxylic acids is 1. The summed E-state index contributed by atoms with van der Waals surface area (Å²) >= 11 is 2.57. The van der Waals surface area contributed by atoms with Crippen molar-refractivity contribution in [2.45, 2.75) is 4.90 Å². The van der Waals surface area contributed by atoms with E-state index in [0.29, 0.717) is 5.69 Å². The highest BCUT2D eigenvalue weighted by molar-refractivity contribution is 8.00. The molecule has 0 saturated heterocycles. The number of rotatable bonds is 5. The van der Waals surface area contributed by atoms with Crippen LogP contribution in [0.1, 0.15) is 0 Å². The molecule has 28 heavy (non-hydrogen) atoms. The minimum absolute atomic E-state index is 0.0106. The van der Waals surface area contributed by atoms with Gasteiger partial charge in [0, 0.05) is 16.5 Å². The maximum absolute atomic E-state index is 13.7. The molecule has 4 aromatic rings. The number of thiazole rings is 1. The average Bonchev–Trinajstić information content (AvgIpc) is 3.12. The van der Waals surface area contributed by atoms with Gasteiger partial charge in [-0.25, -0.2) is 13.8 Å². The highest BCUT2D eigenvalue weighted by atomic mass is 32.2. The van der Waals surface area contributed by atoms with E-state index in [4.69, 9.17) is 0 Å². The number of hydrogen-bond donors (Lipinski definition) is 1. The van der Waals surface area contributed by atoms with E-state index in [2.05, 4.69) is 10.3 Å². The van der Waals surface area contributed by atoms with Crippen molar-refractivity contribution < 1.29 is 13.6 Å². The molecule has 0 atom stereocenters. The van der Waals surface area contributed by atoms with Gasteiger partial charge in [-0.2, -0.15) is 0 Å². The van der Waals surface area contributed by atoms with Gasteiger partial charge in [0.25, 0.3) is 0 Å². The van der Waals surface area contributed by atoms with E-state index in [1.165, 1.54) is 12.1 Å². The van der Waals surface area contributed by atoms with Gasteiger partial charge >= 0.3 is 0 Å². The van der Waals surface area contributed by atoms with Gasteiger partial charge in [0.15, 0.2) is 0 Å². The second kappa shape index (κ2) is 8.08. The molecule has 0 unspecified atom stereocenters. The highest BCUT2D eigenvalue weighted by Gasteiger charge is 2.13. The second-order valence-electron chi connectivity index (χ2n) is 5.94. The number of amides is 1. The molecule has 7 heteroatoms. The number of halogens is 2. The number of nitrogens with zero attached hydrogens (tertiary/aromatic N) is 1. The fourth-order valence-corrected chi connectivity index (χ4v) is 4.41. The van der Waals surface area contributed by atoms with Crippen molar-refractivity contribution in [3.63, 3.8) is 0 Å². The van der Waals surface area contributed by atoms with E-state index in [1.54, 1.807) is 11.3 Å². The SMILES string of the molecule is O=C(CSc1ccc(F)cc1F)Nc1ccccc1-c1nc2ccccc2s1. The second-order valence-corrected chi connectivity index (χ2v) is 7.99. The summed E-state index contributed by atoms with van der Waals surface area (Å²) in [5.74, 6) is -1.58. The number of hydrogen-bond acceptors (Lipinski definition) is 4. The minimum Gasteiger partial charge on any atom is -0.325 e. The smallest absolute Gasteiger partial charge is 0.234 e. The van der Waals surface area contributed by atoms with Crippen molar-refractivity contribution in [3.8, 4) is 10.6 Å². The van der Waals surface area contributed by atoms with Crippen LogP contribution in [0.2, 0.25) is 0 Å². The molecule has 4 rings (SSSR count). The fourth-order valence-electron chi connectivity index (χ4n) is 2.69. The van der Waals surface area contributed by atoms with Gasteiger partial charge in [-0.3, -0.25) is 4.79 Å². The van der Waals surface area contributed by atoms with E-state index >= 15 is 0 Å². The molecule has 0 spiro atoms. The Morgan fingerprint density at radius 1 is 1.04 bits per heavy atom. The van der Waals surface area contributed by atoms with Crippen molar-refractivity contribution in [1.82, 2.24) is 4.98 Å². The van der Waals surface area contributed by atoms with Crippen LogP contribution in [-0.2, 0) is 4.79 Å². The molecule has 1 amide bonds. The Labute approximate surface area is 168 Å². The number of aromatic nitrogens is 1. The molecule has 0 radical (unpaired) electrons. The van der Waals surface area contributed by atoms with Crippen LogP contribution >= 0.6 is 23.1 Å². The van der Waals surface area contributed by atoms with Crippen LogP contribution in [0.15, 0.2) is 71.6 Å². The first-order chi connectivity index (χ1) is 13.6. The topological polar surface area (TPSA) is 42.0 Å². The fraction of sp³-hybridized carbons (Fsp3) is 0.0476. The number of carbonyl (C=O) groups is 1. The third kappa shape index (κ3) is 4.05. The van der Waals surface area contributed by atoms with Crippen molar-refractivity contribution in [1.29, 1.82) is 0 Å². The summed E-state index contributed by atoms with van der Waals surface area (Å²) in [6, 6.07) is 18.6. The van der Waals surface area contributed by atoms with E-state index in [-0.39, 0.29) is 16.6 Å². The first-order valence-corrected chi connectivity index (χ1v) is 10.2. The lowest BCUT2D eigenvalue weighted by Gasteiger charge is -2.09. The maximum atomic E-state index is 13.7. The summed E-state index contributed by atoms with van der Waals surface area (Å²) < 4.78 is 27.8. The first kappa shape index (κ1) is 18.6. The summed E-state index contributed by atoms with van der Waals surface area (Å²) in [6.45, 7) is 0. The number of thioether (sulfide) groups is 1. The van der Waals surface area contributed by atoms with Crippen LogP contribution in [0.25, 0.3) is 20.8 Å². The molecule has 0 aliphatic rings. The first-order valence-electron chi connectivity index (χ1n) is 8.43. The van der Waals surface area contributed by atoms with Crippen molar-refractivity contribution in [2.75, 3.05) is 11.1 Å². The number of fused-ring (bicyclic) bond motifs is 1. The van der Waals surface area contributed by atoms with Gasteiger partial charge in [0.05, 0.1) is 21.7 Å². The summed E-state index contributed by atoms with van der Waals surface area (Å²) in [5.41, 5.74) is 2.38. The highest BCUT2D eigenvalue weighted by Crippen LogP contribution is 2.34. The van der Waals surface area contributed by atoms with E-state index in [9.17, 15) is 13.6 Å². The Balaban J connectivity index is 1.51. The summed E-state index contributed by atoms with van der Waals surface area (Å²) in [6.07, 6.45) is 0. The molecule has 0 bridgehead atoms. The minimum atomic E-state index is -0.673. The molecule has 3 aromatic carbocycles. The van der Waals surface area contributed by atoms with Crippen LogP contribution < -0.4 is 5.32 Å². The largest absolute Gasteiger partial charge is 0.325 e. The Hall–Kier alpha value is -2.77. The molecule has 1 N–H and O–H groups in total. The van der Waals surface area contributed by atoms with Gasteiger partial charge in [-0.1, -0.05) is 24.3 Å². The third-order valence-corrected chi connectivity index (χ3v) is 6.10. The molecule has 3 nitrogen and oxygen atoms in total. The monoisotopic (exact) mass is 412 g/mol. The van der Waals surface area contributed by atoms with Crippen LogP contribution in [0.4, 0.5) is 14.5 Å². The number of para-hydroxylation sites is 2. The Kier molecular flexibility index (Phi) is 5.36. The summed E-state index contributed by atoms with van der Waals surface area (Å²) in [4.78, 5) is 17.2. The quantitative estimate of drug-likeness (QED) is 0.411. The number of anilines is 1. The molecule has 1 heterocycles. The van der Waals surface area contributed by atoms with E-state index < -0.39 is 11.6 Å². The zero-order valence-electron chi connectivity index (χ0n) is 14.5. The predicted octanol–water partition coefficient (Wildman–Crippen LogP) is 5.97. The molecular formula is C21H14F2N2OS2. The zero-order chi connectivity index (χ0) is 19.5. The van der Waals surface area contributed by atoms with E-state index in [1.807, 2.05) is 48.5 Å². The Morgan fingerprint density at radius 3 is 2.64 bits per heavy atom. The average molecular weight is 412 g/mol. The van der Waals surface area contributed by atoms with Gasteiger partial charge < -0.3 is 5.32 Å². The lowest BCUT2D eigenvalue weighted by atomic mass is 10.2. The predicted molar refractivity (Wildman–Crippen MR) is 111 cm³/mol.